The summed E-state index contributed by atoms with van der Waals surface area (Å²) >= 11 is 0. The van der Waals surface area contributed by atoms with E-state index in [9.17, 15) is 18.5 Å². The molecule has 21 heavy (non-hydrogen) atoms. The first-order chi connectivity index (χ1) is 9.82. The van der Waals surface area contributed by atoms with Crippen LogP contribution in [0.4, 0.5) is 5.69 Å². The summed E-state index contributed by atoms with van der Waals surface area (Å²) in [5.41, 5.74) is -0.315. The van der Waals surface area contributed by atoms with Crippen molar-refractivity contribution in [1.82, 2.24) is 10.0 Å². The van der Waals surface area contributed by atoms with Crippen molar-refractivity contribution in [1.29, 1.82) is 0 Å². The second kappa shape index (κ2) is 6.08. The number of nitro benzene ring substituents is 1. The number of non-ortho nitro benzene ring substituents is 1. The van der Waals surface area contributed by atoms with E-state index >= 15 is 0 Å². The van der Waals surface area contributed by atoms with Crippen molar-refractivity contribution >= 4 is 15.7 Å². The van der Waals surface area contributed by atoms with Gasteiger partial charge in [0.1, 0.15) is 0 Å². The third kappa shape index (κ3) is 3.99. The van der Waals surface area contributed by atoms with Crippen molar-refractivity contribution < 1.29 is 13.3 Å². The molecule has 1 heterocycles. The molecule has 1 aliphatic rings. The van der Waals surface area contributed by atoms with Crippen LogP contribution in [-0.4, -0.2) is 33.0 Å². The zero-order valence-corrected chi connectivity index (χ0v) is 12.6. The van der Waals surface area contributed by atoms with Crippen LogP contribution in [0.25, 0.3) is 0 Å². The van der Waals surface area contributed by atoms with E-state index in [1.54, 1.807) is 0 Å². The van der Waals surface area contributed by atoms with Crippen molar-refractivity contribution in [3.05, 3.63) is 34.4 Å². The maximum absolute atomic E-state index is 12.2. The number of rotatable bonds is 5. The molecule has 0 atom stereocenters. The summed E-state index contributed by atoms with van der Waals surface area (Å²) in [5.74, 6) is 0. The summed E-state index contributed by atoms with van der Waals surface area (Å²) in [5, 5.41) is 14.0. The maximum Gasteiger partial charge on any atom is 0.270 e. The fourth-order valence-corrected chi connectivity index (χ4v) is 3.56. The summed E-state index contributed by atoms with van der Waals surface area (Å²) in [6.45, 7) is 4.12. The molecule has 2 N–H and O–H groups in total. The van der Waals surface area contributed by atoms with Crippen molar-refractivity contribution in [3.8, 4) is 0 Å². The molecule has 2 rings (SSSR count). The number of sulfonamides is 1. The number of hydrogen-bond acceptors (Lipinski definition) is 5. The Morgan fingerprint density at radius 1 is 1.38 bits per heavy atom. The van der Waals surface area contributed by atoms with Gasteiger partial charge in [-0.25, -0.2) is 13.1 Å². The standard InChI is InChI=1S/C13H19N3O4S/c1-13(5-7-14-8-6-13)10-15-21(19,20)12-4-2-3-11(9-12)16(17)18/h2-4,9,14-15H,5-8,10H2,1H3. The molecular weight excluding hydrogens is 294 g/mol. The molecule has 0 unspecified atom stereocenters. The minimum absolute atomic E-state index is 0.0748. The van der Waals surface area contributed by atoms with Crippen LogP contribution in [0, 0.1) is 15.5 Å². The molecule has 7 nitrogen and oxygen atoms in total. The molecule has 1 fully saturated rings. The van der Waals surface area contributed by atoms with Crippen LogP contribution in [0.2, 0.25) is 0 Å². The average molecular weight is 313 g/mol. The lowest BCUT2D eigenvalue weighted by Crippen LogP contribution is -2.42. The topological polar surface area (TPSA) is 101 Å². The van der Waals surface area contributed by atoms with E-state index in [-0.39, 0.29) is 16.0 Å². The van der Waals surface area contributed by atoms with Gasteiger partial charge < -0.3 is 5.32 Å². The van der Waals surface area contributed by atoms with Gasteiger partial charge in [-0.1, -0.05) is 13.0 Å². The molecule has 0 spiro atoms. The smallest absolute Gasteiger partial charge is 0.270 e. The first-order valence-corrected chi connectivity index (χ1v) is 8.26. The Kier molecular flexibility index (Phi) is 4.60. The molecule has 1 aliphatic heterocycles. The van der Waals surface area contributed by atoms with E-state index in [1.165, 1.54) is 18.2 Å². The molecule has 1 aromatic rings. The Balaban J connectivity index is 2.11. The highest BCUT2D eigenvalue weighted by Gasteiger charge is 2.29. The molecule has 0 radical (unpaired) electrons. The number of hydrogen-bond donors (Lipinski definition) is 2. The Labute approximate surface area is 123 Å². The first kappa shape index (κ1) is 15.9. The monoisotopic (exact) mass is 313 g/mol. The van der Waals surface area contributed by atoms with Crippen LogP contribution in [0.5, 0.6) is 0 Å². The van der Waals surface area contributed by atoms with E-state index in [0.29, 0.717) is 6.54 Å². The second-order valence-corrected chi connectivity index (χ2v) is 7.41. The van der Waals surface area contributed by atoms with Gasteiger partial charge in [-0.2, -0.15) is 0 Å². The molecular formula is C13H19N3O4S. The fourth-order valence-electron chi connectivity index (χ4n) is 2.32. The Morgan fingerprint density at radius 3 is 2.67 bits per heavy atom. The highest BCUT2D eigenvalue weighted by molar-refractivity contribution is 7.89. The van der Waals surface area contributed by atoms with Crippen molar-refractivity contribution in [2.75, 3.05) is 19.6 Å². The Morgan fingerprint density at radius 2 is 2.05 bits per heavy atom. The molecule has 1 saturated heterocycles. The zero-order valence-electron chi connectivity index (χ0n) is 11.8. The predicted molar refractivity (Wildman–Crippen MR) is 78.5 cm³/mol. The van der Waals surface area contributed by atoms with Gasteiger partial charge in [0.25, 0.3) is 5.69 Å². The summed E-state index contributed by atoms with van der Waals surface area (Å²) < 4.78 is 27.1. The lowest BCUT2D eigenvalue weighted by molar-refractivity contribution is -0.385. The summed E-state index contributed by atoms with van der Waals surface area (Å²) in [6, 6.07) is 5.08. The van der Waals surface area contributed by atoms with Gasteiger partial charge in [-0.05, 0) is 37.4 Å². The van der Waals surface area contributed by atoms with E-state index in [0.717, 1.165) is 32.0 Å². The zero-order chi connectivity index (χ0) is 15.5. The quantitative estimate of drug-likeness (QED) is 0.629. The van der Waals surface area contributed by atoms with Crippen LogP contribution in [-0.2, 0) is 10.0 Å². The minimum atomic E-state index is -3.73. The SMILES string of the molecule is CC1(CNS(=O)(=O)c2cccc([N+](=O)[O-])c2)CCNCC1. The maximum atomic E-state index is 12.2. The second-order valence-electron chi connectivity index (χ2n) is 5.64. The molecule has 0 aromatic heterocycles. The summed E-state index contributed by atoms with van der Waals surface area (Å²) in [7, 11) is -3.73. The summed E-state index contributed by atoms with van der Waals surface area (Å²) in [6.07, 6.45) is 1.79. The van der Waals surface area contributed by atoms with Gasteiger partial charge in [-0.15, -0.1) is 0 Å². The predicted octanol–water partition coefficient (Wildman–Crippen LogP) is 1.26. The number of piperidine rings is 1. The molecule has 0 bridgehead atoms. The molecule has 0 aliphatic carbocycles. The van der Waals surface area contributed by atoms with Gasteiger partial charge in [0.05, 0.1) is 9.82 Å². The van der Waals surface area contributed by atoms with Gasteiger partial charge in [-0.3, -0.25) is 10.1 Å². The molecule has 8 heteroatoms. The molecule has 1 aromatic carbocycles. The van der Waals surface area contributed by atoms with Crippen LogP contribution in [0.1, 0.15) is 19.8 Å². The average Bonchev–Trinajstić information content (AvgIpc) is 2.46. The van der Waals surface area contributed by atoms with E-state index < -0.39 is 14.9 Å². The fraction of sp³-hybridized carbons (Fsp3) is 0.538. The minimum Gasteiger partial charge on any atom is -0.317 e. The van der Waals surface area contributed by atoms with E-state index in [1.807, 2.05) is 6.92 Å². The van der Waals surface area contributed by atoms with Gasteiger partial charge >= 0.3 is 0 Å². The Hall–Kier alpha value is -1.51. The van der Waals surface area contributed by atoms with Crippen LogP contribution in [0.15, 0.2) is 29.2 Å². The third-order valence-electron chi connectivity index (χ3n) is 3.84. The summed E-state index contributed by atoms with van der Waals surface area (Å²) in [4.78, 5) is 10.0. The van der Waals surface area contributed by atoms with Gasteiger partial charge in [0.2, 0.25) is 10.0 Å². The lowest BCUT2D eigenvalue weighted by Gasteiger charge is -2.34. The number of nitrogens with one attached hydrogen (secondary N) is 2. The van der Waals surface area contributed by atoms with E-state index in [2.05, 4.69) is 10.0 Å². The van der Waals surface area contributed by atoms with Gasteiger partial charge in [0, 0.05) is 18.7 Å². The highest BCUT2D eigenvalue weighted by atomic mass is 32.2. The van der Waals surface area contributed by atoms with Crippen LogP contribution in [0.3, 0.4) is 0 Å². The van der Waals surface area contributed by atoms with Crippen molar-refractivity contribution in [3.63, 3.8) is 0 Å². The molecule has 0 amide bonds. The molecule has 116 valence electrons. The largest absolute Gasteiger partial charge is 0.317 e. The molecule has 0 saturated carbocycles. The third-order valence-corrected chi connectivity index (χ3v) is 5.24. The van der Waals surface area contributed by atoms with Crippen LogP contribution >= 0.6 is 0 Å². The highest BCUT2D eigenvalue weighted by Crippen LogP contribution is 2.27. The van der Waals surface area contributed by atoms with E-state index in [4.69, 9.17) is 0 Å². The van der Waals surface area contributed by atoms with Crippen molar-refractivity contribution in [2.45, 2.75) is 24.7 Å². The normalized spacial score (nSPS) is 18.3. The number of nitrogens with zero attached hydrogens (tertiary/aromatic N) is 1. The van der Waals surface area contributed by atoms with Crippen molar-refractivity contribution in [2.24, 2.45) is 5.41 Å². The lowest BCUT2D eigenvalue weighted by atomic mass is 9.81. The van der Waals surface area contributed by atoms with Crippen LogP contribution < -0.4 is 10.0 Å². The number of nitro groups is 1. The Bertz CT molecular complexity index is 624. The number of benzene rings is 1. The van der Waals surface area contributed by atoms with Gasteiger partial charge in [0.15, 0.2) is 0 Å². The first-order valence-electron chi connectivity index (χ1n) is 6.77.